The third-order valence-corrected chi connectivity index (χ3v) is 5.21. The number of rotatable bonds is 4. The van der Waals surface area contributed by atoms with Gasteiger partial charge in [0, 0.05) is 22.9 Å². The Morgan fingerprint density at radius 2 is 2.08 bits per heavy atom. The lowest BCUT2D eigenvalue weighted by Crippen LogP contribution is -2.28. The second-order valence-corrected chi connectivity index (χ2v) is 7.24. The predicted octanol–water partition coefficient (Wildman–Crippen LogP) is 4.14. The van der Waals surface area contributed by atoms with E-state index in [1.165, 1.54) is 23.5 Å². The standard InChI is InChI=1S/C17H20FN3OS.ClH/c1-10-16(11-5-7-13(18)8-6-11)21-17(23-10)20-15(22)9-12-3-2-4-14(12)19;/h5-8,12,14H,2-4,9,19H2,1H3,(H,20,21,22);1H/t12-,14+;/m0./s1. The maximum absolute atomic E-state index is 13.0. The summed E-state index contributed by atoms with van der Waals surface area (Å²) in [5.41, 5.74) is 7.64. The lowest BCUT2D eigenvalue weighted by molar-refractivity contribution is -0.117. The van der Waals surface area contributed by atoms with Crippen molar-refractivity contribution < 1.29 is 9.18 Å². The fourth-order valence-electron chi connectivity index (χ4n) is 3.05. The molecular weight excluding hydrogens is 349 g/mol. The molecule has 0 bridgehead atoms. The number of nitrogens with two attached hydrogens (primary N) is 1. The molecule has 7 heteroatoms. The zero-order valence-electron chi connectivity index (χ0n) is 13.4. The van der Waals surface area contributed by atoms with Crippen molar-refractivity contribution >= 4 is 34.8 Å². The summed E-state index contributed by atoms with van der Waals surface area (Å²) in [5, 5.41) is 3.45. The quantitative estimate of drug-likeness (QED) is 0.851. The molecule has 3 N–H and O–H groups in total. The maximum Gasteiger partial charge on any atom is 0.226 e. The molecule has 1 saturated carbocycles. The van der Waals surface area contributed by atoms with Gasteiger partial charge >= 0.3 is 0 Å². The Morgan fingerprint density at radius 3 is 2.71 bits per heavy atom. The Bertz CT molecular complexity index is 704. The lowest BCUT2D eigenvalue weighted by atomic mass is 10.00. The van der Waals surface area contributed by atoms with Crippen molar-refractivity contribution in [2.45, 2.75) is 38.6 Å². The van der Waals surface area contributed by atoms with E-state index in [1.54, 1.807) is 12.1 Å². The molecule has 130 valence electrons. The number of benzene rings is 1. The monoisotopic (exact) mass is 369 g/mol. The molecule has 0 saturated heterocycles. The molecule has 0 spiro atoms. The zero-order valence-corrected chi connectivity index (χ0v) is 15.1. The SMILES string of the molecule is Cc1sc(NC(=O)C[C@@H]2CCC[C@H]2N)nc1-c1ccc(F)cc1.Cl. The Labute approximate surface area is 151 Å². The van der Waals surface area contributed by atoms with Crippen LogP contribution in [0, 0.1) is 18.7 Å². The molecule has 1 aliphatic rings. The zero-order chi connectivity index (χ0) is 16.4. The smallest absolute Gasteiger partial charge is 0.226 e. The number of carbonyl (C=O) groups excluding carboxylic acids is 1. The van der Waals surface area contributed by atoms with Crippen LogP contribution >= 0.6 is 23.7 Å². The van der Waals surface area contributed by atoms with Gasteiger partial charge < -0.3 is 11.1 Å². The summed E-state index contributed by atoms with van der Waals surface area (Å²) >= 11 is 1.43. The Hall–Kier alpha value is -1.50. The topological polar surface area (TPSA) is 68.0 Å². The van der Waals surface area contributed by atoms with Gasteiger partial charge in [0.05, 0.1) is 5.69 Å². The van der Waals surface area contributed by atoms with Gasteiger partial charge in [0.1, 0.15) is 5.82 Å². The molecule has 4 nitrogen and oxygen atoms in total. The van der Waals surface area contributed by atoms with Gasteiger partial charge in [-0.05, 0) is 49.9 Å². The number of anilines is 1. The maximum atomic E-state index is 13.0. The van der Waals surface area contributed by atoms with Crippen LogP contribution in [0.2, 0.25) is 0 Å². The second kappa shape index (κ2) is 8.05. The molecule has 1 fully saturated rings. The summed E-state index contributed by atoms with van der Waals surface area (Å²) in [7, 11) is 0. The summed E-state index contributed by atoms with van der Waals surface area (Å²) in [6.45, 7) is 1.94. The van der Waals surface area contributed by atoms with Crippen LogP contribution in [0.1, 0.15) is 30.6 Å². The van der Waals surface area contributed by atoms with Crippen LogP contribution in [0.25, 0.3) is 11.3 Å². The molecule has 2 aromatic rings. The van der Waals surface area contributed by atoms with Crippen molar-refractivity contribution in [3.05, 3.63) is 35.0 Å². The number of nitrogens with zero attached hydrogens (tertiary/aromatic N) is 1. The van der Waals surface area contributed by atoms with Crippen LogP contribution in [-0.2, 0) is 4.79 Å². The van der Waals surface area contributed by atoms with Crippen LogP contribution in [0.15, 0.2) is 24.3 Å². The van der Waals surface area contributed by atoms with E-state index in [-0.39, 0.29) is 36.1 Å². The van der Waals surface area contributed by atoms with Crippen molar-refractivity contribution in [3.8, 4) is 11.3 Å². The van der Waals surface area contributed by atoms with Gasteiger partial charge in [-0.2, -0.15) is 0 Å². The highest BCUT2D eigenvalue weighted by Crippen LogP contribution is 2.31. The van der Waals surface area contributed by atoms with Crippen molar-refractivity contribution in [2.75, 3.05) is 5.32 Å². The number of amides is 1. The first-order valence-electron chi connectivity index (χ1n) is 7.81. The molecule has 0 unspecified atom stereocenters. The molecule has 0 aliphatic heterocycles. The second-order valence-electron chi connectivity index (χ2n) is 6.04. The Morgan fingerprint density at radius 1 is 1.38 bits per heavy atom. The van der Waals surface area contributed by atoms with Gasteiger partial charge in [-0.1, -0.05) is 6.42 Å². The number of nitrogens with one attached hydrogen (secondary N) is 1. The number of thiazole rings is 1. The molecule has 1 aromatic heterocycles. The van der Waals surface area contributed by atoms with Crippen molar-refractivity contribution in [1.82, 2.24) is 4.98 Å². The minimum atomic E-state index is -0.275. The lowest BCUT2D eigenvalue weighted by Gasteiger charge is -2.13. The fourth-order valence-corrected chi connectivity index (χ4v) is 3.90. The van der Waals surface area contributed by atoms with Gasteiger partial charge in [0.25, 0.3) is 0 Å². The van der Waals surface area contributed by atoms with Gasteiger partial charge in [0.2, 0.25) is 5.91 Å². The third kappa shape index (κ3) is 4.32. The number of hydrogen-bond acceptors (Lipinski definition) is 4. The van der Waals surface area contributed by atoms with E-state index in [0.29, 0.717) is 11.6 Å². The van der Waals surface area contributed by atoms with E-state index in [1.807, 2.05) is 6.92 Å². The van der Waals surface area contributed by atoms with Crippen molar-refractivity contribution in [1.29, 1.82) is 0 Å². The number of halogens is 2. The fraction of sp³-hybridized carbons (Fsp3) is 0.412. The van der Waals surface area contributed by atoms with Crippen molar-refractivity contribution in [2.24, 2.45) is 11.7 Å². The average Bonchev–Trinajstić information content (AvgIpc) is 3.06. The van der Waals surface area contributed by atoms with E-state index in [9.17, 15) is 9.18 Å². The first-order valence-corrected chi connectivity index (χ1v) is 8.63. The molecule has 1 amide bonds. The van der Waals surface area contributed by atoms with E-state index in [0.717, 1.165) is 35.4 Å². The number of carbonyl (C=O) groups is 1. The van der Waals surface area contributed by atoms with E-state index in [4.69, 9.17) is 5.73 Å². The first kappa shape index (κ1) is 18.8. The molecule has 1 heterocycles. The Kier molecular flexibility index (Phi) is 6.32. The molecule has 24 heavy (non-hydrogen) atoms. The minimum Gasteiger partial charge on any atom is -0.327 e. The minimum absolute atomic E-state index is 0. The van der Waals surface area contributed by atoms with Crippen LogP contribution < -0.4 is 11.1 Å². The molecule has 2 atom stereocenters. The third-order valence-electron chi connectivity index (χ3n) is 4.33. The number of aromatic nitrogens is 1. The largest absolute Gasteiger partial charge is 0.327 e. The van der Waals surface area contributed by atoms with Crippen LogP contribution in [-0.4, -0.2) is 16.9 Å². The normalized spacial score (nSPS) is 19.8. The summed E-state index contributed by atoms with van der Waals surface area (Å²) in [5.74, 6) is -0.0394. The molecule has 1 aliphatic carbocycles. The van der Waals surface area contributed by atoms with Crippen LogP contribution in [0.5, 0.6) is 0 Å². The number of hydrogen-bond donors (Lipinski definition) is 2. The van der Waals surface area contributed by atoms with E-state index >= 15 is 0 Å². The van der Waals surface area contributed by atoms with Gasteiger partial charge in [-0.3, -0.25) is 4.79 Å². The predicted molar refractivity (Wildman–Crippen MR) is 98.1 cm³/mol. The van der Waals surface area contributed by atoms with Gasteiger partial charge in [-0.15, -0.1) is 23.7 Å². The molecule has 1 aromatic carbocycles. The highest BCUT2D eigenvalue weighted by Gasteiger charge is 2.26. The molecule has 0 radical (unpaired) electrons. The van der Waals surface area contributed by atoms with E-state index < -0.39 is 0 Å². The average molecular weight is 370 g/mol. The van der Waals surface area contributed by atoms with Crippen LogP contribution in [0.3, 0.4) is 0 Å². The molecule has 3 rings (SSSR count). The van der Waals surface area contributed by atoms with Crippen LogP contribution in [0.4, 0.5) is 9.52 Å². The van der Waals surface area contributed by atoms with Gasteiger partial charge in [0.15, 0.2) is 5.13 Å². The van der Waals surface area contributed by atoms with Crippen molar-refractivity contribution in [3.63, 3.8) is 0 Å². The number of aryl methyl sites for hydroxylation is 1. The summed E-state index contributed by atoms with van der Waals surface area (Å²) in [6.07, 6.45) is 3.57. The Balaban J connectivity index is 0.00000208. The molecular formula is C17H21ClFN3OS. The first-order chi connectivity index (χ1) is 11.0. The summed E-state index contributed by atoms with van der Waals surface area (Å²) < 4.78 is 13.0. The highest BCUT2D eigenvalue weighted by molar-refractivity contribution is 7.16. The van der Waals surface area contributed by atoms with E-state index in [2.05, 4.69) is 10.3 Å². The van der Waals surface area contributed by atoms with Gasteiger partial charge in [-0.25, -0.2) is 9.37 Å². The summed E-state index contributed by atoms with van der Waals surface area (Å²) in [4.78, 5) is 17.6. The summed E-state index contributed by atoms with van der Waals surface area (Å²) in [6, 6.07) is 6.34. The highest BCUT2D eigenvalue weighted by atomic mass is 35.5.